The van der Waals surface area contributed by atoms with Gasteiger partial charge >= 0.3 is 0 Å². The Morgan fingerprint density at radius 3 is 2.84 bits per heavy atom. The summed E-state index contributed by atoms with van der Waals surface area (Å²) >= 11 is 0. The summed E-state index contributed by atoms with van der Waals surface area (Å²) in [5, 5.41) is 17.9. The van der Waals surface area contributed by atoms with E-state index in [0.29, 0.717) is 17.3 Å². The number of benzene rings is 1. The zero-order chi connectivity index (χ0) is 17.4. The van der Waals surface area contributed by atoms with Gasteiger partial charge in [0.25, 0.3) is 5.91 Å². The van der Waals surface area contributed by atoms with Gasteiger partial charge in [-0.25, -0.2) is 9.67 Å². The minimum absolute atomic E-state index is 0.0436. The molecule has 1 aliphatic carbocycles. The van der Waals surface area contributed by atoms with Crippen molar-refractivity contribution in [3.8, 4) is 5.75 Å². The largest absolute Gasteiger partial charge is 0.506 e. The van der Waals surface area contributed by atoms with Crippen LogP contribution in [0.1, 0.15) is 47.6 Å². The van der Waals surface area contributed by atoms with Crippen LogP contribution in [0.25, 0.3) is 11.0 Å². The highest BCUT2D eigenvalue weighted by molar-refractivity contribution is 6.06. The summed E-state index contributed by atoms with van der Waals surface area (Å²) in [5.74, 6) is -0.258. The van der Waals surface area contributed by atoms with Crippen LogP contribution >= 0.6 is 0 Å². The molecule has 0 atom stereocenters. The zero-order valence-electron chi connectivity index (χ0n) is 14.1. The van der Waals surface area contributed by atoms with E-state index in [-0.39, 0.29) is 11.7 Å². The number of aromatic hydroxyl groups is 1. The predicted molar refractivity (Wildman–Crippen MR) is 95.8 cm³/mol. The maximum absolute atomic E-state index is 12.5. The highest BCUT2D eigenvalue weighted by Crippen LogP contribution is 2.31. The van der Waals surface area contributed by atoms with E-state index in [1.165, 1.54) is 12.8 Å². The fraction of sp³-hybridized carbons (Fsp3) is 0.316. The van der Waals surface area contributed by atoms with E-state index in [1.54, 1.807) is 36.7 Å². The first-order valence-electron chi connectivity index (χ1n) is 8.56. The Kier molecular flexibility index (Phi) is 3.87. The number of nitrogens with one attached hydrogen (secondary N) is 1. The lowest BCUT2D eigenvalue weighted by Crippen LogP contribution is -2.13. The molecular weight excluding hydrogens is 316 g/mol. The number of hydrogen-bond acceptors (Lipinski definition) is 4. The van der Waals surface area contributed by atoms with Gasteiger partial charge in [0, 0.05) is 11.6 Å². The summed E-state index contributed by atoms with van der Waals surface area (Å²) < 4.78 is 1.98. The molecule has 6 nitrogen and oxygen atoms in total. The van der Waals surface area contributed by atoms with Gasteiger partial charge in [-0.15, -0.1) is 0 Å². The minimum Gasteiger partial charge on any atom is -0.506 e. The molecule has 1 aliphatic rings. The van der Waals surface area contributed by atoms with E-state index in [9.17, 15) is 9.90 Å². The second-order valence-corrected chi connectivity index (χ2v) is 6.64. The maximum atomic E-state index is 12.5. The molecule has 128 valence electrons. The summed E-state index contributed by atoms with van der Waals surface area (Å²) in [5.41, 5.74) is 2.62. The van der Waals surface area contributed by atoms with Gasteiger partial charge < -0.3 is 10.4 Å². The van der Waals surface area contributed by atoms with Gasteiger partial charge in [-0.05, 0) is 43.5 Å². The van der Waals surface area contributed by atoms with Gasteiger partial charge in [-0.2, -0.15) is 5.10 Å². The molecule has 0 aliphatic heterocycles. The fourth-order valence-corrected chi connectivity index (χ4v) is 3.42. The summed E-state index contributed by atoms with van der Waals surface area (Å²) in [7, 11) is 0. The second-order valence-electron chi connectivity index (χ2n) is 6.64. The van der Waals surface area contributed by atoms with Crippen LogP contribution in [-0.2, 0) is 0 Å². The van der Waals surface area contributed by atoms with E-state index in [0.717, 1.165) is 29.4 Å². The average Bonchev–Trinajstić information content (AvgIpc) is 3.26. The molecule has 1 fully saturated rings. The number of carbonyl (C=O) groups is 1. The van der Waals surface area contributed by atoms with E-state index >= 15 is 0 Å². The molecule has 2 N–H and O–H groups in total. The minimum atomic E-state index is -0.302. The summed E-state index contributed by atoms with van der Waals surface area (Å²) in [6.45, 7) is 1.90. The number of hydrogen-bond donors (Lipinski definition) is 2. The van der Waals surface area contributed by atoms with Crippen LogP contribution in [0.4, 0.5) is 5.69 Å². The Labute approximate surface area is 145 Å². The first kappa shape index (κ1) is 15.6. The first-order valence-corrected chi connectivity index (χ1v) is 8.56. The topological polar surface area (TPSA) is 80.0 Å². The van der Waals surface area contributed by atoms with Crippen molar-refractivity contribution < 1.29 is 9.90 Å². The number of amides is 1. The Morgan fingerprint density at radius 1 is 1.24 bits per heavy atom. The third kappa shape index (κ3) is 2.95. The molecule has 0 bridgehead atoms. The molecule has 3 aromatic rings. The lowest BCUT2D eigenvalue weighted by molar-refractivity contribution is 0.102. The lowest BCUT2D eigenvalue weighted by atomic mass is 10.2. The van der Waals surface area contributed by atoms with Gasteiger partial charge in [0.1, 0.15) is 5.75 Å². The predicted octanol–water partition coefficient (Wildman–Crippen LogP) is 3.81. The van der Waals surface area contributed by atoms with Crippen LogP contribution in [0, 0.1) is 6.92 Å². The van der Waals surface area contributed by atoms with Gasteiger partial charge in [0.05, 0.1) is 23.5 Å². The Bertz CT molecular complexity index is 942. The Morgan fingerprint density at radius 2 is 2.04 bits per heavy atom. The molecular formula is C19H20N4O2. The van der Waals surface area contributed by atoms with Crippen LogP contribution < -0.4 is 5.32 Å². The zero-order valence-corrected chi connectivity index (χ0v) is 14.1. The molecule has 2 heterocycles. The monoisotopic (exact) mass is 336 g/mol. The number of phenolic OH excluding ortho intramolecular Hbond substituents is 1. The van der Waals surface area contributed by atoms with Gasteiger partial charge in [-0.3, -0.25) is 4.79 Å². The standard InChI is InChI=1S/C19H20N4O2/c1-12-6-7-17(24)16(8-12)22-19(25)14-9-13-11-21-23(18(13)20-10-14)15-4-2-3-5-15/h6-11,15,24H,2-5H2,1H3,(H,22,25). The quantitative estimate of drug-likeness (QED) is 0.713. The molecule has 4 rings (SSSR count). The highest BCUT2D eigenvalue weighted by Gasteiger charge is 2.20. The van der Waals surface area contributed by atoms with E-state index < -0.39 is 0 Å². The second kappa shape index (κ2) is 6.20. The first-order chi connectivity index (χ1) is 12.1. The van der Waals surface area contributed by atoms with Crippen LogP contribution in [0.3, 0.4) is 0 Å². The van der Waals surface area contributed by atoms with Crippen molar-refractivity contribution in [2.75, 3.05) is 5.32 Å². The number of nitrogens with zero attached hydrogens (tertiary/aromatic N) is 3. The smallest absolute Gasteiger partial charge is 0.257 e. The molecule has 25 heavy (non-hydrogen) atoms. The Hall–Kier alpha value is -2.89. The molecule has 0 radical (unpaired) electrons. The summed E-state index contributed by atoms with van der Waals surface area (Å²) in [6.07, 6.45) is 8.05. The maximum Gasteiger partial charge on any atom is 0.257 e. The van der Waals surface area contributed by atoms with E-state index in [1.807, 2.05) is 11.6 Å². The number of carbonyl (C=O) groups excluding carboxylic acids is 1. The molecule has 2 aromatic heterocycles. The third-order valence-corrected chi connectivity index (χ3v) is 4.77. The molecule has 0 saturated heterocycles. The van der Waals surface area contributed by atoms with Crippen molar-refractivity contribution in [2.24, 2.45) is 0 Å². The van der Waals surface area contributed by atoms with Crippen molar-refractivity contribution in [3.63, 3.8) is 0 Å². The molecule has 1 aromatic carbocycles. The number of aryl methyl sites for hydroxylation is 1. The van der Waals surface area contributed by atoms with Crippen molar-refractivity contribution >= 4 is 22.6 Å². The van der Waals surface area contributed by atoms with E-state index in [2.05, 4.69) is 15.4 Å². The number of phenols is 1. The SMILES string of the molecule is Cc1ccc(O)c(NC(=O)c2cnc3c(cnn3C3CCCC3)c2)c1. The normalized spacial score (nSPS) is 14.9. The number of pyridine rings is 1. The molecule has 0 spiro atoms. The molecule has 6 heteroatoms. The van der Waals surface area contributed by atoms with Crippen LogP contribution in [0.2, 0.25) is 0 Å². The number of aromatic nitrogens is 3. The Balaban J connectivity index is 1.61. The summed E-state index contributed by atoms with van der Waals surface area (Å²) in [4.78, 5) is 17.0. The lowest BCUT2D eigenvalue weighted by Gasteiger charge is -2.11. The average molecular weight is 336 g/mol. The van der Waals surface area contributed by atoms with Crippen LogP contribution in [0.15, 0.2) is 36.7 Å². The number of anilines is 1. The van der Waals surface area contributed by atoms with Crippen molar-refractivity contribution in [1.82, 2.24) is 14.8 Å². The molecule has 0 unspecified atom stereocenters. The fourth-order valence-electron chi connectivity index (χ4n) is 3.42. The van der Waals surface area contributed by atoms with Gasteiger partial charge in [0.2, 0.25) is 0 Å². The highest BCUT2D eigenvalue weighted by atomic mass is 16.3. The molecule has 1 saturated carbocycles. The summed E-state index contributed by atoms with van der Waals surface area (Å²) in [6, 6.07) is 7.29. The number of rotatable bonds is 3. The van der Waals surface area contributed by atoms with Crippen molar-refractivity contribution in [3.05, 3.63) is 47.8 Å². The van der Waals surface area contributed by atoms with Crippen molar-refractivity contribution in [2.45, 2.75) is 38.6 Å². The van der Waals surface area contributed by atoms with Gasteiger partial charge in [0.15, 0.2) is 5.65 Å². The van der Waals surface area contributed by atoms with Crippen LogP contribution in [-0.4, -0.2) is 25.8 Å². The number of fused-ring (bicyclic) bond motifs is 1. The van der Waals surface area contributed by atoms with Crippen LogP contribution in [0.5, 0.6) is 5.75 Å². The van der Waals surface area contributed by atoms with Gasteiger partial charge in [-0.1, -0.05) is 18.9 Å². The molecule has 1 amide bonds. The van der Waals surface area contributed by atoms with Crippen molar-refractivity contribution in [1.29, 1.82) is 0 Å². The third-order valence-electron chi connectivity index (χ3n) is 4.77. The van der Waals surface area contributed by atoms with E-state index in [4.69, 9.17) is 0 Å².